The van der Waals surface area contributed by atoms with E-state index >= 15 is 0 Å². The van der Waals surface area contributed by atoms with Crippen molar-refractivity contribution in [1.82, 2.24) is 19.8 Å². The van der Waals surface area contributed by atoms with Gasteiger partial charge in [-0.05, 0) is 62.0 Å². The topological polar surface area (TPSA) is 87.5 Å². The Morgan fingerprint density at radius 1 is 1.15 bits per heavy atom. The first-order chi connectivity index (χ1) is 16.4. The Kier molecular flexibility index (Phi) is 6.13. The zero-order chi connectivity index (χ0) is 23.8. The molecule has 2 bridgehead atoms. The monoisotopic (exact) mass is 460 g/mol. The molecule has 6 rings (SSSR count). The zero-order valence-corrected chi connectivity index (χ0v) is 19.8. The quantitative estimate of drug-likeness (QED) is 0.590. The highest BCUT2D eigenvalue weighted by molar-refractivity contribution is 6.02. The van der Waals surface area contributed by atoms with Gasteiger partial charge in [-0.1, -0.05) is 32.0 Å². The molecule has 3 fully saturated rings. The minimum Gasteiger partial charge on any atom is -0.506 e. The average Bonchev–Trinajstić information content (AvgIpc) is 2.84. The normalized spacial score (nSPS) is 24.0. The van der Waals surface area contributed by atoms with Crippen LogP contribution in [0, 0.1) is 11.8 Å². The molecule has 2 aromatic heterocycles. The molecule has 1 aromatic carbocycles. The first kappa shape index (κ1) is 22.6. The molecule has 0 spiro atoms. The largest absolute Gasteiger partial charge is 0.506 e. The first-order valence-corrected chi connectivity index (χ1v) is 12.2. The second-order valence-corrected chi connectivity index (χ2v) is 10.0. The summed E-state index contributed by atoms with van der Waals surface area (Å²) in [4.78, 5) is 34.0. The van der Waals surface area contributed by atoms with E-state index in [-0.39, 0.29) is 29.3 Å². The van der Waals surface area contributed by atoms with Gasteiger partial charge in [-0.3, -0.25) is 19.5 Å². The summed E-state index contributed by atoms with van der Waals surface area (Å²) in [6.45, 7) is 6.56. The van der Waals surface area contributed by atoms with E-state index in [0.717, 1.165) is 38.0 Å². The fourth-order valence-corrected chi connectivity index (χ4v) is 5.72. The summed E-state index contributed by atoms with van der Waals surface area (Å²) in [7, 11) is 0. The lowest BCUT2D eigenvalue weighted by molar-refractivity contribution is 0.0131. The number of aromatic hydroxyl groups is 1. The summed E-state index contributed by atoms with van der Waals surface area (Å²) in [6, 6.07) is 13.1. The van der Waals surface area contributed by atoms with Crippen molar-refractivity contribution in [2.75, 3.05) is 13.1 Å². The highest BCUT2D eigenvalue weighted by atomic mass is 16.3. The summed E-state index contributed by atoms with van der Waals surface area (Å²) in [5.41, 5.74) is 1.04. The number of aromatic nitrogens is 2. The number of hydrogen-bond donors (Lipinski definition) is 2. The molecular weight excluding hydrogens is 428 g/mol. The van der Waals surface area contributed by atoms with Crippen LogP contribution in [0.4, 0.5) is 0 Å². The maximum Gasteiger partial charge on any atom is 0.267 e. The van der Waals surface area contributed by atoms with Gasteiger partial charge in [0, 0.05) is 42.3 Å². The van der Waals surface area contributed by atoms with Crippen molar-refractivity contribution in [1.29, 1.82) is 0 Å². The number of piperidine rings is 3. The highest BCUT2D eigenvalue weighted by Crippen LogP contribution is 2.34. The molecule has 3 aliphatic rings. The minimum absolute atomic E-state index is 0.0965. The number of para-hydroxylation sites is 1. The zero-order valence-electron chi connectivity index (χ0n) is 19.8. The van der Waals surface area contributed by atoms with Crippen molar-refractivity contribution in [2.24, 2.45) is 11.8 Å². The molecule has 0 aliphatic carbocycles. The van der Waals surface area contributed by atoms with E-state index in [9.17, 15) is 14.7 Å². The number of nitrogens with zero attached hydrogens (tertiary/aromatic N) is 3. The van der Waals surface area contributed by atoms with E-state index in [0.29, 0.717) is 23.4 Å². The van der Waals surface area contributed by atoms with Crippen LogP contribution < -0.4 is 10.9 Å². The Morgan fingerprint density at radius 3 is 2.59 bits per heavy atom. The summed E-state index contributed by atoms with van der Waals surface area (Å²) in [5, 5.41) is 14.7. The van der Waals surface area contributed by atoms with Crippen LogP contribution in [0.1, 0.15) is 42.7 Å². The smallest absolute Gasteiger partial charge is 0.267 e. The number of rotatable bonds is 6. The molecule has 3 saturated heterocycles. The molecule has 7 heteroatoms. The van der Waals surface area contributed by atoms with Crippen LogP contribution in [0.2, 0.25) is 0 Å². The second kappa shape index (κ2) is 9.22. The molecule has 34 heavy (non-hydrogen) atoms. The number of amides is 1. The summed E-state index contributed by atoms with van der Waals surface area (Å²) in [5.74, 6) is -0.162. The summed E-state index contributed by atoms with van der Waals surface area (Å²) in [6.07, 6.45) is 4.57. The number of hydrogen-bond acceptors (Lipinski definition) is 5. The van der Waals surface area contributed by atoms with E-state index in [1.54, 1.807) is 16.8 Å². The van der Waals surface area contributed by atoms with Crippen LogP contribution in [-0.2, 0) is 13.0 Å². The minimum atomic E-state index is -0.490. The van der Waals surface area contributed by atoms with E-state index in [4.69, 9.17) is 0 Å². The molecule has 5 heterocycles. The fourth-order valence-electron chi connectivity index (χ4n) is 5.72. The Bertz CT molecular complexity index is 1250. The van der Waals surface area contributed by atoms with Crippen molar-refractivity contribution in [3.05, 3.63) is 70.3 Å². The standard InChI is InChI=1S/C27H32N4O3/c1-17(2)16-31-21-9-4-3-8-20(21)25(32)23(27(31)34)26(33)29-24-18-10-13-30(14-11-18)22(24)15-19-7-5-6-12-28-19/h3-9,12,17-18,22,24,32H,10-11,13-16H2,1-2H3,(H,29,33). The van der Waals surface area contributed by atoms with Crippen LogP contribution in [0.15, 0.2) is 53.5 Å². The van der Waals surface area contributed by atoms with Crippen molar-refractivity contribution in [2.45, 2.75) is 51.7 Å². The van der Waals surface area contributed by atoms with E-state index < -0.39 is 11.5 Å². The predicted octanol–water partition coefficient (Wildman–Crippen LogP) is 3.19. The van der Waals surface area contributed by atoms with Crippen molar-refractivity contribution < 1.29 is 9.90 Å². The molecule has 3 aliphatic heterocycles. The maximum absolute atomic E-state index is 13.6. The molecule has 7 nitrogen and oxygen atoms in total. The van der Waals surface area contributed by atoms with Crippen LogP contribution in [0.25, 0.3) is 10.9 Å². The number of benzene rings is 1. The number of carbonyl (C=O) groups excluding carboxylic acids is 1. The van der Waals surface area contributed by atoms with Gasteiger partial charge in [0.05, 0.1) is 5.52 Å². The van der Waals surface area contributed by atoms with E-state index in [2.05, 4.69) is 15.2 Å². The van der Waals surface area contributed by atoms with Crippen molar-refractivity contribution >= 4 is 16.8 Å². The third-order valence-electron chi connectivity index (χ3n) is 7.33. The third kappa shape index (κ3) is 4.09. The summed E-state index contributed by atoms with van der Waals surface area (Å²) >= 11 is 0. The number of carbonyl (C=O) groups is 1. The fraction of sp³-hybridized carbons (Fsp3) is 0.444. The SMILES string of the molecule is CC(C)Cn1c(=O)c(C(=O)NC2C3CCN(CC3)C2Cc2ccccn2)c(O)c2ccccc21. The second-order valence-electron chi connectivity index (χ2n) is 10.0. The first-order valence-electron chi connectivity index (χ1n) is 12.2. The van der Waals surface area contributed by atoms with Gasteiger partial charge in [-0.15, -0.1) is 0 Å². The van der Waals surface area contributed by atoms with Crippen LogP contribution in [0.5, 0.6) is 5.75 Å². The van der Waals surface area contributed by atoms with Gasteiger partial charge in [0.15, 0.2) is 0 Å². The van der Waals surface area contributed by atoms with Gasteiger partial charge in [-0.25, -0.2) is 0 Å². The lowest BCUT2D eigenvalue weighted by atomic mass is 9.77. The third-order valence-corrected chi connectivity index (χ3v) is 7.33. The van der Waals surface area contributed by atoms with Gasteiger partial charge in [-0.2, -0.15) is 0 Å². The molecule has 2 N–H and O–H groups in total. The number of nitrogens with one attached hydrogen (secondary N) is 1. The van der Waals surface area contributed by atoms with Crippen molar-refractivity contribution in [3.63, 3.8) is 0 Å². The van der Waals surface area contributed by atoms with Gasteiger partial charge in [0.25, 0.3) is 11.5 Å². The lowest BCUT2D eigenvalue weighted by Gasteiger charge is -2.51. The highest BCUT2D eigenvalue weighted by Gasteiger charge is 2.43. The van der Waals surface area contributed by atoms with Gasteiger partial charge in [0.2, 0.25) is 0 Å². The van der Waals surface area contributed by atoms with Crippen LogP contribution in [-0.4, -0.2) is 50.6 Å². The predicted molar refractivity (Wildman–Crippen MR) is 132 cm³/mol. The van der Waals surface area contributed by atoms with Crippen molar-refractivity contribution in [3.8, 4) is 5.75 Å². The Hall–Kier alpha value is -3.19. The van der Waals surface area contributed by atoms with Gasteiger partial charge >= 0.3 is 0 Å². The molecule has 2 atom stereocenters. The van der Waals surface area contributed by atoms with Gasteiger partial charge < -0.3 is 15.0 Å². The van der Waals surface area contributed by atoms with E-state index in [1.807, 2.05) is 50.2 Å². The van der Waals surface area contributed by atoms with E-state index in [1.165, 1.54) is 0 Å². The maximum atomic E-state index is 13.6. The average molecular weight is 461 g/mol. The molecule has 2 unspecified atom stereocenters. The van der Waals surface area contributed by atoms with Gasteiger partial charge in [0.1, 0.15) is 11.3 Å². The molecule has 0 saturated carbocycles. The molecule has 0 radical (unpaired) electrons. The number of pyridine rings is 2. The molecule has 178 valence electrons. The van der Waals surface area contributed by atoms with Crippen LogP contribution >= 0.6 is 0 Å². The molecule has 1 amide bonds. The molecular formula is C27H32N4O3. The Labute approximate surface area is 199 Å². The molecule has 3 aromatic rings. The Balaban J connectivity index is 1.51. The Morgan fingerprint density at radius 2 is 1.88 bits per heavy atom. The number of fused-ring (bicyclic) bond motifs is 4. The van der Waals surface area contributed by atoms with Crippen LogP contribution in [0.3, 0.4) is 0 Å². The summed E-state index contributed by atoms with van der Waals surface area (Å²) < 4.78 is 1.62. The lowest BCUT2D eigenvalue weighted by Crippen LogP contribution is -2.64.